The van der Waals surface area contributed by atoms with Crippen LogP contribution in [0.25, 0.3) is 0 Å². The Morgan fingerprint density at radius 3 is 3.00 bits per heavy atom. The summed E-state index contributed by atoms with van der Waals surface area (Å²) in [5.74, 6) is -0.384. The fourth-order valence-electron chi connectivity index (χ4n) is 2.64. The Morgan fingerprint density at radius 2 is 2.33 bits per heavy atom. The van der Waals surface area contributed by atoms with Crippen molar-refractivity contribution in [3.05, 3.63) is 28.8 Å². The third-order valence-electron chi connectivity index (χ3n) is 4.09. The summed E-state index contributed by atoms with van der Waals surface area (Å²) < 4.78 is 10.7. The van der Waals surface area contributed by atoms with Crippen molar-refractivity contribution in [1.82, 2.24) is 0 Å². The third kappa shape index (κ3) is 3.89. The minimum atomic E-state index is -0.384. The fourth-order valence-corrected chi connectivity index (χ4v) is 2.81. The number of carbonyl (C=O) groups excluding carboxylic acids is 1. The molecule has 4 nitrogen and oxygen atoms in total. The smallest absolute Gasteiger partial charge is 0.340 e. The van der Waals surface area contributed by atoms with Crippen molar-refractivity contribution >= 4 is 23.3 Å². The predicted octanol–water partition coefficient (Wildman–Crippen LogP) is 3.89. The molecule has 0 saturated carbocycles. The van der Waals surface area contributed by atoms with Gasteiger partial charge in [-0.05, 0) is 44.4 Å². The average molecular weight is 312 g/mol. The first-order valence-corrected chi connectivity index (χ1v) is 7.63. The van der Waals surface area contributed by atoms with Gasteiger partial charge in [0.15, 0.2) is 0 Å². The third-order valence-corrected chi connectivity index (χ3v) is 4.32. The zero-order valence-electron chi connectivity index (χ0n) is 12.7. The zero-order chi connectivity index (χ0) is 15.5. The molecule has 21 heavy (non-hydrogen) atoms. The van der Waals surface area contributed by atoms with Gasteiger partial charge in [-0.3, -0.25) is 0 Å². The van der Waals surface area contributed by atoms with Gasteiger partial charge < -0.3 is 14.8 Å². The number of rotatable bonds is 4. The summed E-state index contributed by atoms with van der Waals surface area (Å²) in [7, 11) is 1.37. The van der Waals surface area contributed by atoms with Gasteiger partial charge in [0.1, 0.15) is 0 Å². The van der Waals surface area contributed by atoms with E-state index in [2.05, 4.69) is 19.2 Å². The van der Waals surface area contributed by atoms with E-state index in [4.69, 9.17) is 21.1 Å². The number of esters is 1. The van der Waals surface area contributed by atoms with Crippen LogP contribution in [0, 0.1) is 0 Å². The van der Waals surface area contributed by atoms with Gasteiger partial charge in [-0.15, -0.1) is 0 Å². The van der Waals surface area contributed by atoms with Crippen molar-refractivity contribution in [3.63, 3.8) is 0 Å². The summed E-state index contributed by atoms with van der Waals surface area (Å²) in [6, 6.07) is 5.50. The number of ether oxygens (including phenoxy) is 2. The number of hydrogen-bond donors (Lipinski definition) is 1. The second kappa shape index (κ2) is 6.67. The Morgan fingerprint density at radius 1 is 1.57 bits per heavy atom. The monoisotopic (exact) mass is 311 g/mol. The van der Waals surface area contributed by atoms with Crippen LogP contribution in [0.4, 0.5) is 5.69 Å². The van der Waals surface area contributed by atoms with Gasteiger partial charge in [-0.25, -0.2) is 4.79 Å². The molecule has 0 spiro atoms. The van der Waals surface area contributed by atoms with Crippen LogP contribution in [0.5, 0.6) is 0 Å². The summed E-state index contributed by atoms with van der Waals surface area (Å²) in [4.78, 5) is 11.9. The molecule has 0 radical (unpaired) electrons. The lowest BCUT2D eigenvalue weighted by molar-refractivity contribution is -0.0708. The molecule has 1 N–H and O–H groups in total. The van der Waals surface area contributed by atoms with E-state index in [1.54, 1.807) is 12.1 Å². The molecule has 2 rings (SSSR count). The number of carbonyl (C=O) groups is 1. The van der Waals surface area contributed by atoms with E-state index in [9.17, 15) is 4.79 Å². The Hall–Kier alpha value is -1.26. The highest BCUT2D eigenvalue weighted by Crippen LogP contribution is 2.31. The first-order valence-electron chi connectivity index (χ1n) is 7.26. The highest BCUT2D eigenvalue weighted by Gasteiger charge is 2.32. The van der Waals surface area contributed by atoms with Crippen molar-refractivity contribution in [3.8, 4) is 0 Å². The highest BCUT2D eigenvalue weighted by atomic mass is 35.5. The molecule has 5 heteroatoms. The number of methoxy groups -OCH3 is 1. The number of benzene rings is 1. The summed E-state index contributed by atoms with van der Waals surface area (Å²) in [6.07, 6.45) is 2.79. The van der Waals surface area contributed by atoms with E-state index in [1.807, 2.05) is 6.07 Å². The Balaban J connectivity index is 2.17. The number of nitrogens with one attached hydrogen (secondary N) is 1. The van der Waals surface area contributed by atoms with E-state index in [-0.39, 0.29) is 17.6 Å². The minimum Gasteiger partial charge on any atom is -0.465 e. The molecule has 116 valence electrons. The van der Waals surface area contributed by atoms with Gasteiger partial charge in [0, 0.05) is 23.4 Å². The molecule has 1 fully saturated rings. The van der Waals surface area contributed by atoms with Gasteiger partial charge in [-0.1, -0.05) is 18.5 Å². The molecule has 1 aliphatic rings. The van der Waals surface area contributed by atoms with E-state index in [0.717, 1.165) is 31.6 Å². The van der Waals surface area contributed by atoms with Crippen LogP contribution < -0.4 is 5.32 Å². The molecule has 2 unspecified atom stereocenters. The maximum Gasteiger partial charge on any atom is 0.340 e. The lowest BCUT2D eigenvalue weighted by Gasteiger charge is -2.38. The lowest BCUT2D eigenvalue weighted by Crippen LogP contribution is -2.42. The normalized spacial score (nSPS) is 25.4. The Bertz CT molecular complexity index is 520. The average Bonchev–Trinajstić information content (AvgIpc) is 2.48. The van der Waals surface area contributed by atoms with Gasteiger partial charge in [0.05, 0.1) is 18.3 Å². The quantitative estimate of drug-likeness (QED) is 0.857. The first kappa shape index (κ1) is 16.1. The molecule has 1 saturated heterocycles. The van der Waals surface area contributed by atoms with E-state index in [1.165, 1.54) is 7.11 Å². The number of halogens is 1. The molecule has 0 aromatic heterocycles. The van der Waals surface area contributed by atoms with Gasteiger partial charge in [-0.2, -0.15) is 0 Å². The van der Waals surface area contributed by atoms with E-state index < -0.39 is 0 Å². The summed E-state index contributed by atoms with van der Waals surface area (Å²) >= 11 is 5.97. The predicted molar refractivity (Wildman–Crippen MR) is 84.1 cm³/mol. The SMILES string of the molecule is CCC1(C)CC(Nc2ccc(Cl)cc2C(=O)OC)CCO1. The van der Waals surface area contributed by atoms with Crippen LogP contribution >= 0.6 is 11.6 Å². The maximum absolute atomic E-state index is 11.9. The van der Waals surface area contributed by atoms with Gasteiger partial charge in [0.2, 0.25) is 0 Å². The van der Waals surface area contributed by atoms with Crippen LogP contribution in [-0.2, 0) is 9.47 Å². The Labute approximate surface area is 130 Å². The van der Waals surface area contributed by atoms with Crippen LogP contribution in [0.2, 0.25) is 5.02 Å². The fraction of sp³-hybridized carbons (Fsp3) is 0.562. The maximum atomic E-state index is 11.9. The standard InChI is InChI=1S/C16H22ClNO3/c1-4-16(2)10-12(7-8-21-16)18-14-6-5-11(17)9-13(14)15(19)20-3/h5-6,9,12,18H,4,7-8,10H2,1-3H3. The Kier molecular flexibility index (Phi) is 5.12. The molecule has 1 aromatic rings. The first-order chi connectivity index (χ1) is 9.97. The number of hydrogen-bond acceptors (Lipinski definition) is 4. The lowest BCUT2D eigenvalue weighted by atomic mass is 9.89. The molecule has 2 atom stereocenters. The van der Waals surface area contributed by atoms with Crippen molar-refractivity contribution in [1.29, 1.82) is 0 Å². The molecule has 0 bridgehead atoms. The highest BCUT2D eigenvalue weighted by molar-refractivity contribution is 6.31. The summed E-state index contributed by atoms with van der Waals surface area (Å²) in [5.41, 5.74) is 1.12. The van der Waals surface area contributed by atoms with Crippen molar-refractivity contribution in [2.24, 2.45) is 0 Å². The van der Waals surface area contributed by atoms with Crippen LogP contribution in [0.15, 0.2) is 18.2 Å². The second-order valence-corrected chi connectivity index (χ2v) is 6.10. The van der Waals surface area contributed by atoms with Crippen molar-refractivity contribution < 1.29 is 14.3 Å². The molecule has 0 aliphatic carbocycles. The molecule has 1 aromatic carbocycles. The van der Waals surface area contributed by atoms with Gasteiger partial charge in [0.25, 0.3) is 0 Å². The molecule has 0 amide bonds. The van der Waals surface area contributed by atoms with Crippen molar-refractivity contribution in [2.75, 3.05) is 19.0 Å². The molecule has 1 aliphatic heterocycles. The summed E-state index contributed by atoms with van der Waals surface area (Å²) in [5, 5.41) is 3.96. The van der Waals surface area contributed by atoms with E-state index >= 15 is 0 Å². The van der Waals surface area contributed by atoms with Crippen molar-refractivity contribution in [2.45, 2.75) is 44.8 Å². The minimum absolute atomic E-state index is 0.103. The van der Waals surface area contributed by atoms with Gasteiger partial charge >= 0.3 is 5.97 Å². The number of anilines is 1. The van der Waals surface area contributed by atoms with Crippen LogP contribution in [-0.4, -0.2) is 31.3 Å². The zero-order valence-corrected chi connectivity index (χ0v) is 13.5. The molecule has 1 heterocycles. The van der Waals surface area contributed by atoms with E-state index in [0.29, 0.717) is 10.6 Å². The largest absolute Gasteiger partial charge is 0.465 e. The molecular weight excluding hydrogens is 290 g/mol. The second-order valence-electron chi connectivity index (χ2n) is 5.67. The topological polar surface area (TPSA) is 47.6 Å². The van der Waals surface area contributed by atoms with Crippen LogP contribution in [0.3, 0.4) is 0 Å². The summed E-state index contributed by atoms with van der Waals surface area (Å²) in [6.45, 7) is 4.98. The molecular formula is C16H22ClNO3. The van der Waals surface area contributed by atoms with Crippen LogP contribution in [0.1, 0.15) is 43.5 Å².